The quantitative estimate of drug-likeness (QED) is 0.0842. The second-order valence-electron chi connectivity index (χ2n) is 24.1. The van der Waals surface area contributed by atoms with Gasteiger partial charge in [-0.3, -0.25) is 33.8 Å². The number of hydrogen-bond donors (Lipinski definition) is 5. The smallest absolute Gasteiger partial charge is 0.341 e. The monoisotopic (exact) mass is 1090 g/mol. The molecular weight excluding hydrogens is 1010 g/mol. The number of alkyl halides is 1. The number of halogens is 3. The molecule has 4 heterocycles. The van der Waals surface area contributed by atoms with E-state index >= 15 is 4.39 Å². The van der Waals surface area contributed by atoms with Crippen LogP contribution in [0.3, 0.4) is 0 Å². The number of rotatable bonds is 17. The third kappa shape index (κ3) is 11.8. The first-order valence-electron chi connectivity index (χ1n) is 27.8. The number of carboxylic acid groups (broad SMARTS) is 1. The van der Waals surface area contributed by atoms with Crippen LogP contribution in [0, 0.1) is 40.3 Å². The van der Waals surface area contributed by atoms with Crippen LogP contribution < -0.4 is 32.0 Å². The van der Waals surface area contributed by atoms with Crippen molar-refractivity contribution < 1.29 is 42.7 Å². The minimum absolute atomic E-state index is 0.00645. The molecule has 0 radical (unpaired) electrons. The van der Waals surface area contributed by atoms with Crippen molar-refractivity contribution in [1.82, 2.24) is 35.4 Å². The van der Waals surface area contributed by atoms with Gasteiger partial charge in [0.05, 0.1) is 45.9 Å². The lowest BCUT2D eigenvalue weighted by atomic mass is 9.74. The van der Waals surface area contributed by atoms with Gasteiger partial charge in [0.25, 0.3) is 5.91 Å². The molecule has 5 aliphatic carbocycles. The Morgan fingerprint density at radius 2 is 1.71 bits per heavy atom. The second kappa shape index (κ2) is 22.5. The molecule has 10 rings (SSSR count). The summed E-state index contributed by atoms with van der Waals surface area (Å²) in [4.78, 5) is 105. The van der Waals surface area contributed by atoms with Gasteiger partial charge < -0.3 is 41.2 Å². The summed E-state index contributed by atoms with van der Waals surface area (Å²) in [5, 5.41) is 18.2. The van der Waals surface area contributed by atoms with Crippen molar-refractivity contribution in [3.8, 4) is 0 Å². The number of nitrogens with one attached hydrogen (secondary N) is 3. The second-order valence-corrected chi connectivity index (χ2v) is 24.5. The molecule has 5 saturated carbocycles. The molecule has 2 aromatic heterocycles. The number of anilines is 1. The molecule has 6 N–H and O–H groups in total. The molecule has 2 aliphatic heterocycles. The van der Waals surface area contributed by atoms with Crippen molar-refractivity contribution >= 4 is 63.6 Å². The van der Waals surface area contributed by atoms with Crippen LogP contribution >= 0.6 is 11.6 Å². The molecule has 0 bridgehead atoms. The van der Waals surface area contributed by atoms with E-state index in [1.54, 1.807) is 9.80 Å². The first kappa shape index (κ1) is 55.9. The third-order valence-corrected chi connectivity index (χ3v) is 18.0. The number of ketones is 1. The minimum Gasteiger partial charge on any atom is -0.477 e. The lowest BCUT2D eigenvalue weighted by Crippen LogP contribution is -2.55. The summed E-state index contributed by atoms with van der Waals surface area (Å²) in [6, 6.07) is -1.46. The van der Waals surface area contributed by atoms with E-state index in [1.165, 1.54) is 23.2 Å². The number of nitrogens with two attached hydrogens (primary N) is 1. The highest BCUT2D eigenvalue weighted by atomic mass is 35.5. The van der Waals surface area contributed by atoms with Crippen LogP contribution in [0.1, 0.15) is 157 Å². The van der Waals surface area contributed by atoms with Crippen molar-refractivity contribution in [1.29, 1.82) is 0 Å². The number of benzene rings is 1. The van der Waals surface area contributed by atoms with E-state index in [2.05, 4.69) is 32.5 Å². The van der Waals surface area contributed by atoms with Crippen LogP contribution in [0.25, 0.3) is 10.9 Å². The Hall–Kier alpha value is -5.82. The Kier molecular flexibility index (Phi) is 16.3. The molecule has 9 atom stereocenters. The fourth-order valence-corrected chi connectivity index (χ4v) is 13.1. The number of carbonyl (C=O) groups excluding carboxylic acids is 5. The summed E-state index contributed by atoms with van der Waals surface area (Å²) < 4.78 is 30.2. The third-order valence-electron chi connectivity index (χ3n) is 17.6. The normalized spacial score (nSPS) is 25.5. The topological polar surface area (TPSA) is 239 Å². The van der Waals surface area contributed by atoms with Gasteiger partial charge in [0, 0.05) is 80.1 Å². The predicted octanol–water partition coefficient (Wildman–Crippen LogP) is 7.23. The zero-order valence-electron chi connectivity index (χ0n) is 44.6. The van der Waals surface area contributed by atoms with Gasteiger partial charge in [-0.1, -0.05) is 78.0 Å². The number of aromatic nitrogens is 3. The Bertz CT molecular complexity index is 2870. The summed E-state index contributed by atoms with van der Waals surface area (Å²) in [6.45, 7) is 13.4. The van der Waals surface area contributed by atoms with Gasteiger partial charge in [0.2, 0.25) is 23.2 Å². The van der Waals surface area contributed by atoms with Crippen LogP contribution in [0.2, 0.25) is 5.02 Å². The van der Waals surface area contributed by atoms with Crippen molar-refractivity contribution in [2.75, 3.05) is 24.5 Å². The number of carbonyl (C=O) groups is 6. The van der Waals surface area contributed by atoms with E-state index in [9.17, 15) is 43.1 Å². The molecule has 416 valence electrons. The van der Waals surface area contributed by atoms with Crippen molar-refractivity contribution in [2.45, 2.75) is 173 Å². The number of pyridine rings is 1. The summed E-state index contributed by atoms with van der Waals surface area (Å²) >= 11 is 6.56. The van der Waals surface area contributed by atoms with Crippen molar-refractivity contribution in [3.63, 3.8) is 0 Å². The summed E-state index contributed by atoms with van der Waals surface area (Å²) in [5.41, 5.74) is 5.05. The SMILES string of the molecule is C=C(C(=O)NC1CC1)[C@H](CCC)NC(=O)[C@@H]1[C@H]2CCC[C@H]2CN1C(=O)[C@@H](CC(=O)[C@@H](NC(=O)c1cnccn1)C1CCCCC1)C(C)(C)C.N[C@@H]1CN(c2c(F)cc3c(=O)c(C(=O)O)cn(C4C[C@@H]4F)c3c2Cl)CC12CC2. The maximum atomic E-state index is 15.0. The Morgan fingerprint density at radius 3 is 2.31 bits per heavy atom. The van der Waals surface area contributed by atoms with E-state index in [0.29, 0.717) is 31.6 Å². The maximum Gasteiger partial charge on any atom is 0.341 e. The first-order chi connectivity index (χ1) is 36.6. The highest BCUT2D eigenvalue weighted by molar-refractivity contribution is 6.38. The van der Waals surface area contributed by atoms with Gasteiger partial charge >= 0.3 is 5.97 Å². The largest absolute Gasteiger partial charge is 0.477 e. The van der Waals surface area contributed by atoms with Gasteiger partial charge in [0.1, 0.15) is 29.3 Å². The number of nitrogens with zero attached hydrogens (tertiary/aromatic N) is 5. The van der Waals surface area contributed by atoms with Gasteiger partial charge in [-0.05, 0) is 87.0 Å². The molecule has 17 nitrogen and oxygen atoms in total. The first-order valence-corrected chi connectivity index (χ1v) is 28.1. The number of aromatic carboxylic acids is 1. The van der Waals surface area contributed by atoms with Crippen molar-refractivity contribution in [2.24, 2.45) is 40.2 Å². The zero-order valence-corrected chi connectivity index (χ0v) is 45.4. The lowest BCUT2D eigenvalue weighted by molar-refractivity contribution is -0.147. The molecule has 7 fully saturated rings. The van der Waals surface area contributed by atoms with E-state index in [0.717, 1.165) is 95.7 Å². The predicted molar refractivity (Wildman–Crippen MR) is 286 cm³/mol. The number of likely N-dealkylation sites (tertiary alicyclic amines) is 1. The van der Waals surface area contributed by atoms with Gasteiger partial charge in [-0.25, -0.2) is 18.6 Å². The Morgan fingerprint density at radius 1 is 1.00 bits per heavy atom. The average molecular weight is 1090 g/mol. The molecule has 20 heteroatoms. The fraction of sp³-hybridized carbons (Fsp3) is 0.632. The van der Waals surface area contributed by atoms with Crippen molar-refractivity contribution in [3.05, 3.63) is 75.3 Å². The summed E-state index contributed by atoms with van der Waals surface area (Å²) in [5.74, 6) is -3.94. The molecule has 4 amide bonds. The fourth-order valence-electron chi connectivity index (χ4n) is 12.7. The Balaban J connectivity index is 0.000000216. The molecule has 1 spiro atoms. The zero-order chi connectivity index (χ0) is 55.2. The number of fused-ring (bicyclic) bond motifs is 2. The Labute approximate surface area is 452 Å². The average Bonchev–Trinajstić information content (AvgIpc) is 4.36. The minimum atomic E-state index is -1.45. The van der Waals surface area contributed by atoms with Crippen LogP contribution in [-0.4, -0.2) is 116 Å². The van der Waals surface area contributed by atoms with Crippen LogP contribution in [-0.2, 0) is 19.2 Å². The lowest BCUT2D eigenvalue weighted by Gasteiger charge is -2.37. The summed E-state index contributed by atoms with van der Waals surface area (Å²) in [7, 11) is 0. The molecular formula is C57H74ClF2N9O8. The number of Topliss-reactive ketones (excluding diaryl/α,β-unsaturated/α-hetero) is 1. The van der Waals surface area contributed by atoms with Crippen LogP contribution in [0.15, 0.2) is 47.8 Å². The van der Waals surface area contributed by atoms with Crippen LogP contribution in [0.4, 0.5) is 14.5 Å². The highest BCUT2D eigenvalue weighted by Gasteiger charge is 2.55. The standard InChI is InChI=1S/C38H56N6O5.C19H18ClF2N3O3/c1-6-11-29(23(2)34(46)41-26-16-17-26)42-36(48)33-27-15-10-14-25(27)22-44(33)37(49)28(38(3,4)5)20-31(45)32(24-12-8-7-9-13-24)43-35(47)30-21-39-18-19-40-30;20-14-15-8(17(26)9(18(27)28)5-25(15)12-4-10(12)21)3-11(22)16(14)24-6-13(23)19(7-24)1-2-19/h18-19,21,24-29,32-33H,2,6-17,20,22H2,1,3-5H3,(H,41,46)(H,42,48)(H,43,47);3,5,10,12-13H,1-2,4,6-7,23H2,(H,27,28)/t25-,27-,28+,29-,32-,33-;10-,12?,13+/m00/s1. The molecule has 77 heavy (non-hydrogen) atoms. The van der Waals surface area contributed by atoms with Gasteiger partial charge in [-0.15, -0.1) is 0 Å². The van der Waals surface area contributed by atoms with E-state index in [1.807, 2.05) is 27.7 Å². The van der Waals surface area contributed by atoms with Gasteiger partial charge in [-0.2, -0.15) is 0 Å². The number of amides is 4. The van der Waals surface area contributed by atoms with E-state index < -0.39 is 70.4 Å². The molecule has 1 aromatic carbocycles. The van der Waals surface area contributed by atoms with E-state index in [4.69, 9.17) is 17.3 Å². The van der Waals surface area contributed by atoms with Gasteiger partial charge in [0.15, 0.2) is 5.78 Å². The molecule has 1 unspecified atom stereocenters. The number of carboxylic acids is 1. The molecule has 3 aromatic rings. The molecule has 2 saturated heterocycles. The molecule has 7 aliphatic rings. The van der Waals surface area contributed by atoms with E-state index in [-0.39, 0.29) is 98.9 Å². The number of hydrogen-bond acceptors (Lipinski definition) is 11. The maximum absolute atomic E-state index is 15.0. The highest BCUT2D eigenvalue weighted by Crippen LogP contribution is 2.54. The summed E-state index contributed by atoms with van der Waals surface area (Å²) in [6.07, 6.45) is 17.1. The van der Waals surface area contributed by atoms with Crippen LogP contribution in [0.5, 0.6) is 0 Å².